The van der Waals surface area contributed by atoms with Gasteiger partial charge in [-0.05, 0) is 40.5 Å². The van der Waals surface area contributed by atoms with Crippen LogP contribution in [-0.4, -0.2) is 89.2 Å². The van der Waals surface area contributed by atoms with Gasteiger partial charge in [-0.3, -0.25) is 9.69 Å². The van der Waals surface area contributed by atoms with Crippen molar-refractivity contribution in [2.24, 2.45) is 0 Å². The van der Waals surface area contributed by atoms with E-state index in [2.05, 4.69) is 39.5 Å². The number of aliphatic hydroxyl groups excluding tert-OH is 1. The minimum Gasteiger partial charge on any atom is -0.462 e. The molecular weight excluding hydrogens is 514 g/mol. The van der Waals surface area contributed by atoms with E-state index in [0.717, 1.165) is 32.1 Å². The molecular formula is C30H61NO7Si. The van der Waals surface area contributed by atoms with Gasteiger partial charge in [0.25, 0.3) is 0 Å². The van der Waals surface area contributed by atoms with Crippen LogP contribution in [0.3, 0.4) is 0 Å². The van der Waals surface area contributed by atoms with E-state index in [1.54, 1.807) is 21.3 Å². The molecule has 1 unspecified atom stereocenters. The number of aliphatic hydroxyl groups is 1. The van der Waals surface area contributed by atoms with Gasteiger partial charge in [0.1, 0.15) is 6.10 Å². The van der Waals surface area contributed by atoms with Gasteiger partial charge in [0, 0.05) is 70.9 Å². The summed E-state index contributed by atoms with van der Waals surface area (Å²) in [6.45, 7) is 12.2. The number of β-amino-alcohol motifs (C(OH)–C–C–N with tert-alkyl or cyclic N) is 1. The van der Waals surface area contributed by atoms with E-state index in [1.165, 1.54) is 44.9 Å². The van der Waals surface area contributed by atoms with Gasteiger partial charge in [0.05, 0.1) is 12.7 Å². The molecule has 9 heteroatoms. The fourth-order valence-corrected chi connectivity index (χ4v) is 7.75. The Bertz CT molecular complexity index is 631. The average molecular weight is 576 g/mol. The standard InChI is InChI=1S/C30H61NO7Si/c1-9-10-11-12-13-14-15-16-17-19-28(33)38-27-22-29(2,3)31(30(4,5)23-27)24-26(32)25-37-20-18-21-39(34-6,35-7)36-8/h26-27,32H,9-25H2,1-8H3. The van der Waals surface area contributed by atoms with Gasteiger partial charge in [-0.25, -0.2) is 0 Å². The number of piperidine rings is 1. The number of rotatable bonds is 22. The average Bonchev–Trinajstić information content (AvgIpc) is 2.87. The van der Waals surface area contributed by atoms with Crippen molar-refractivity contribution in [2.75, 3.05) is 41.1 Å². The number of likely N-dealkylation sites (tertiary alicyclic amines) is 1. The van der Waals surface area contributed by atoms with E-state index in [4.69, 9.17) is 22.8 Å². The second-order valence-corrected chi connectivity index (χ2v) is 15.6. The molecule has 1 aliphatic rings. The Hall–Kier alpha value is -0.553. The number of nitrogens with zero attached hydrogens (tertiary/aromatic N) is 1. The van der Waals surface area contributed by atoms with Gasteiger partial charge >= 0.3 is 14.8 Å². The van der Waals surface area contributed by atoms with E-state index in [0.29, 0.717) is 25.6 Å². The molecule has 1 heterocycles. The molecule has 0 spiro atoms. The fraction of sp³-hybridized carbons (Fsp3) is 0.967. The third-order valence-electron chi connectivity index (χ3n) is 8.11. The largest absolute Gasteiger partial charge is 0.500 e. The lowest BCUT2D eigenvalue weighted by Gasteiger charge is -2.55. The molecule has 1 saturated heterocycles. The second-order valence-electron chi connectivity index (χ2n) is 12.5. The molecule has 1 atom stereocenters. The molecule has 0 amide bonds. The highest BCUT2D eigenvalue weighted by Gasteiger charge is 2.47. The quantitative estimate of drug-likeness (QED) is 0.0939. The molecule has 0 bridgehead atoms. The van der Waals surface area contributed by atoms with Crippen molar-refractivity contribution < 1.29 is 32.7 Å². The Labute approximate surface area is 240 Å². The third-order valence-corrected chi connectivity index (χ3v) is 10.9. The van der Waals surface area contributed by atoms with Crippen molar-refractivity contribution in [2.45, 2.75) is 147 Å². The molecule has 0 aromatic carbocycles. The zero-order valence-electron chi connectivity index (χ0n) is 26.5. The summed E-state index contributed by atoms with van der Waals surface area (Å²) >= 11 is 0. The van der Waals surface area contributed by atoms with Gasteiger partial charge < -0.3 is 27.9 Å². The second kappa shape index (κ2) is 18.8. The van der Waals surface area contributed by atoms with Crippen LogP contribution in [0.5, 0.6) is 0 Å². The predicted octanol–water partition coefficient (Wildman–Crippen LogP) is 6.12. The molecule has 8 nitrogen and oxygen atoms in total. The molecule has 232 valence electrons. The van der Waals surface area contributed by atoms with Gasteiger partial charge in [0.15, 0.2) is 0 Å². The summed E-state index contributed by atoms with van der Waals surface area (Å²) in [6, 6.07) is 0.665. The minimum absolute atomic E-state index is 0.0704. The number of esters is 1. The van der Waals surface area contributed by atoms with E-state index in [1.807, 2.05) is 0 Å². The minimum atomic E-state index is -2.59. The Morgan fingerprint density at radius 2 is 1.38 bits per heavy atom. The van der Waals surface area contributed by atoms with Crippen molar-refractivity contribution >= 4 is 14.8 Å². The summed E-state index contributed by atoms with van der Waals surface area (Å²) < 4.78 is 28.0. The van der Waals surface area contributed by atoms with E-state index < -0.39 is 14.9 Å². The lowest BCUT2D eigenvalue weighted by Crippen LogP contribution is -2.64. The summed E-state index contributed by atoms with van der Waals surface area (Å²) in [5.74, 6) is -0.0704. The highest BCUT2D eigenvalue weighted by molar-refractivity contribution is 6.60. The highest BCUT2D eigenvalue weighted by Crippen LogP contribution is 2.39. The molecule has 0 aliphatic carbocycles. The molecule has 1 fully saturated rings. The van der Waals surface area contributed by atoms with Crippen molar-refractivity contribution in [3.63, 3.8) is 0 Å². The van der Waals surface area contributed by atoms with Gasteiger partial charge in [0.2, 0.25) is 0 Å². The number of hydrogen-bond acceptors (Lipinski definition) is 8. The maximum atomic E-state index is 12.6. The Morgan fingerprint density at radius 1 is 0.872 bits per heavy atom. The summed E-state index contributed by atoms with van der Waals surface area (Å²) in [5, 5.41) is 10.8. The van der Waals surface area contributed by atoms with Crippen LogP contribution in [0.25, 0.3) is 0 Å². The first-order valence-corrected chi connectivity index (χ1v) is 17.3. The fourth-order valence-electron chi connectivity index (χ4n) is 6.06. The van der Waals surface area contributed by atoms with Crippen LogP contribution in [0.4, 0.5) is 0 Å². The number of carbonyl (C=O) groups excluding carboxylic acids is 1. The maximum absolute atomic E-state index is 12.6. The molecule has 0 aromatic rings. The molecule has 1 N–H and O–H groups in total. The molecule has 0 radical (unpaired) electrons. The van der Waals surface area contributed by atoms with Crippen molar-refractivity contribution in [3.05, 3.63) is 0 Å². The Morgan fingerprint density at radius 3 is 1.90 bits per heavy atom. The van der Waals surface area contributed by atoms with Gasteiger partial charge in [-0.2, -0.15) is 0 Å². The first-order chi connectivity index (χ1) is 18.4. The lowest BCUT2D eigenvalue weighted by molar-refractivity contribution is -0.162. The van der Waals surface area contributed by atoms with E-state index in [9.17, 15) is 9.90 Å². The zero-order valence-corrected chi connectivity index (χ0v) is 27.5. The SMILES string of the molecule is CCCCCCCCCCCC(=O)OC1CC(C)(C)N(CC(O)COCCC[Si](OC)(OC)OC)C(C)(C)C1. The molecule has 39 heavy (non-hydrogen) atoms. The number of unbranched alkanes of at least 4 members (excludes halogenated alkanes) is 8. The molecule has 1 rings (SSSR count). The van der Waals surface area contributed by atoms with Crippen LogP contribution in [0, 0.1) is 0 Å². The molecule has 0 saturated carbocycles. The van der Waals surface area contributed by atoms with Crippen LogP contribution < -0.4 is 0 Å². The Kier molecular flexibility index (Phi) is 17.6. The maximum Gasteiger partial charge on any atom is 0.500 e. The normalized spacial score (nSPS) is 18.8. The highest BCUT2D eigenvalue weighted by atomic mass is 28.4. The van der Waals surface area contributed by atoms with Crippen LogP contribution in [0.1, 0.15) is 118 Å². The zero-order chi connectivity index (χ0) is 29.4. The summed E-state index contributed by atoms with van der Waals surface area (Å²) in [5.41, 5.74) is -0.432. The monoisotopic (exact) mass is 575 g/mol. The predicted molar refractivity (Wildman–Crippen MR) is 159 cm³/mol. The lowest BCUT2D eigenvalue weighted by atomic mass is 9.78. The van der Waals surface area contributed by atoms with E-state index >= 15 is 0 Å². The van der Waals surface area contributed by atoms with Crippen LogP contribution in [0.2, 0.25) is 6.04 Å². The van der Waals surface area contributed by atoms with Crippen molar-refractivity contribution in [1.29, 1.82) is 0 Å². The van der Waals surface area contributed by atoms with Crippen LogP contribution in [0.15, 0.2) is 0 Å². The molecule has 0 aromatic heterocycles. The van der Waals surface area contributed by atoms with Crippen molar-refractivity contribution in [3.8, 4) is 0 Å². The first kappa shape index (κ1) is 36.5. The van der Waals surface area contributed by atoms with Crippen molar-refractivity contribution in [1.82, 2.24) is 4.90 Å². The summed E-state index contributed by atoms with van der Waals surface area (Å²) in [4.78, 5) is 14.9. The summed E-state index contributed by atoms with van der Waals surface area (Å²) in [7, 11) is 2.23. The first-order valence-electron chi connectivity index (χ1n) is 15.3. The third kappa shape index (κ3) is 13.8. The van der Waals surface area contributed by atoms with Gasteiger partial charge in [-0.15, -0.1) is 0 Å². The number of carbonyl (C=O) groups is 1. The van der Waals surface area contributed by atoms with Crippen LogP contribution >= 0.6 is 0 Å². The Balaban J connectivity index is 2.38. The smallest absolute Gasteiger partial charge is 0.462 e. The van der Waals surface area contributed by atoms with Crippen LogP contribution in [-0.2, 0) is 27.5 Å². The van der Waals surface area contributed by atoms with E-state index in [-0.39, 0.29) is 29.8 Å². The number of hydrogen-bond donors (Lipinski definition) is 1. The summed E-state index contributed by atoms with van der Waals surface area (Å²) in [6.07, 6.45) is 13.2. The van der Waals surface area contributed by atoms with Gasteiger partial charge in [-0.1, -0.05) is 58.3 Å². The molecule has 1 aliphatic heterocycles. The topological polar surface area (TPSA) is 86.7 Å². The number of ether oxygens (including phenoxy) is 2.